The molecule has 0 unspecified atom stereocenters. The molecule has 1 aliphatic rings. The Kier molecular flexibility index (Phi) is 5.31. The molecule has 2 aromatic carbocycles. The molecule has 1 N–H and O–H groups in total. The fourth-order valence-electron chi connectivity index (χ4n) is 5.02. The second-order valence-electron chi connectivity index (χ2n) is 8.59. The summed E-state index contributed by atoms with van der Waals surface area (Å²) in [7, 11) is 3.26. The predicted molar refractivity (Wildman–Crippen MR) is 130 cm³/mol. The number of non-ortho nitro benzene ring substituents is 1. The molecule has 5 rings (SSSR count). The first-order chi connectivity index (χ1) is 16.4. The highest BCUT2D eigenvalue weighted by molar-refractivity contribution is 6.20. The van der Waals surface area contributed by atoms with Crippen LogP contribution in [-0.4, -0.2) is 27.1 Å². The van der Waals surface area contributed by atoms with Gasteiger partial charge in [0.15, 0.2) is 0 Å². The van der Waals surface area contributed by atoms with E-state index in [9.17, 15) is 19.7 Å². The molecule has 1 fully saturated rings. The largest absolute Gasteiger partial charge is 0.495 e. The van der Waals surface area contributed by atoms with Crippen molar-refractivity contribution in [3.63, 3.8) is 0 Å². The summed E-state index contributed by atoms with van der Waals surface area (Å²) in [6, 6.07) is 11.6. The lowest BCUT2D eigenvalue weighted by molar-refractivity contribution is -0.384. The van der Waals surface area contributed by atoms with E-state index >= 15 is 0 Å². The highest BCUT2D eigenvalue weighted by Crippen LogP contribution is 2.34. The Hall–Kier alpha value is -4.14. The van der Waals surface area contributed by atoms with Gasteiger partial charge in [-0.1, -0.05) is 31.0 Å². The number of ether oxygens (including phenoxy) is 1. The van der Waals surface area contributed by atoms with Crippen molar-refractivity contribution in [2.45, 2.75) is 31.7 Å². The van der Waals surface area contributed by atoms with Crippen molar-refractivity contribution in [2.24, 2.45) is 7.05 Å². The number of methoxy groups -OCH3 is 1. The topological polar surface area (TPSA) is 108 Å². The van der Waals surface area contributed by atoms with Crippen LogP contribution in [0.25, 0.3) is 21.8 Å². The fourth-order valence-corrected chi connectivity index (χ4v) is 5.02. The smallest absolute Gasteiger partial charge is 0.275 e. The van der Waals surface area contributed by atoms with Gasteiger partial charge in [-0.05, 0) is 25.0 Å². The molecule has 1 saturated carbocycles. The average Bonchev–Trinajstić information content (AvgIpc) is 3.47. The number of rotatable bonds is 5. The molecule has 9 heteroatoms. The number of pyridine rings is 1. The van der Waals surface area contributed by atoms with E-state index in [1.54, 1.807) is 10.8 Å². The van der Waals surface area contributed by atoms with Crippen LogP contribution in [0.5, 0.6) is 5.75 Å². The lowest BCUT2D eigenvalue weighted by Crippen LogP contribution is -2.27. The number of fused-ring (bicyclic) bond motifs is 3. The van der Waals surface area contributed by atoms with Gasteiger partial charge in [0, 0.05) is 47.7 Å². The van der Waals surface area contributed by atoms with Gasteiger partial charge in [-0.3, -0.25) is 19.7 Å². The summed E-state index contributed by atoms with van der Waals surface area (Å²) < 4.78 is 8.83. The van der Waals surface area contributed by atoms with Crippen LogP contribution in [0.2, 0.25) is 0 Å². The molecular weight excluding hydrogens is 436 g/mol. The number of nitro benzene ring substituents is 1. The molecule has 0 saturated heterocycles. The number of amides is 1. The van der Waals surface area contributed by atoms with Crippen LogP contribution in [0, 0.1) is 10.1 Å². The first-order valence-electron chi connectivity index (χ1n) is 11.2. The van der Waals surface area contributed by atoms with Gasteiger partial charge in [-0.25, -0.2) is 0 Å². The second kappa shape index (κ2) is 8.33. The van der Waals surface area contributed by atoms with Crippen molar-refractivity contribution >= 4 is 39.1 Å². The third kappa shape index (κ3) is 3.40. The zero-order chi connectivity index (χ0) is 24.0. The van der Waals surface area contributed by atoms with Crippen LogP contribution < -0.4 is 15.6 Å². The number of hydrogen-bond donors (Lipinski definition) is 1. The number of carbonyl (C=O) groups is 1. The fraction of sp³-hybridized carbons (Fsp3) is 0.280. The van der Waals surface area contributed by atoms with Crippen LogP contribution >= 0.6 is 0 Å². The van der Waals surface area contributed by atoms with Crippen LogP contribution in [0.4, 0.5) is 11.4 Å². The highest BCUT2D eigenvalue weighted by Gasteiger charge is 2.26. The molecule has 9 nitrogen and oxygen atoms in total. The van der Waals surface area contributed by atoms with E-state index in [1.165, 1.54) is 25.3 Å². The van der Waals surface area contributed by atoms with Crippen molar-refractivity contribution in [1.82, 2.24) is 9.13 Å². The maximum absolute atomic E-state index is 13.6. The van der Waals surface area contributed by atoms with E-state index in [1.807, 2.05) is 35.9 Å². The molecule has 0 radical (unpaired) electrons. The number of carbonyl (C=O) groups excluding carboxylic acids is 1. The van der Waals surface area contributed by atoms with Gasteiger partial charge in [0.05, 0.1) is 23.3 Å². The van der Waals surface area contributed by atoms with E-state index in [2.05, 4.69) is 5.32 Å². The van der Waals surface area contributed by atoms with E-state index in [4.69, 9.17) is 4.74 Å². The number of anilines is 1. The zero-order valence-electron chi connectivity index (χ0n) is 18.9. The van der Waals surface area contributed by atoms with Gasteiger partial charge in [0.25, 0.3) is 17.2 Å². The summed E-state index contributed by atoms with van der Waals surface area (Å²) in [6.07, 6.45) is 5.49. The van der Waals surface area contributed by atoms with Crippen LogP contribution in [0.15, 0.2) is 53.5 Å². The van der Waals surface area contributed by atoms with E-state index < -0.39 is 10.8 Å². The van der Waals surface area contributed by atoms with Crippen molar-refractivity contribution in [3.05, 3.63) is 74.7 Å². The van der Waals surface area contributed by atoms with Gasteiger partial charge in [0.2, 0.25) is 0 Å². The van der Waals surface area contributed by atoms with Crippen LogP contribution in [-0.2, 0) is 7.05 Å². The summed E-state index contributed by atoms with van der Waals surface area (Å²) in [5, 5.41) is 15.4. The Bertz CT molecular complexity index is 1510. The SMILES string of the molecule is COc1ccc([N+](=O)[O-])cc1NC(=O)c1cn(C2CCCC2)c(=O)c2c1c1ccccc1n2C. The lowest BCUT2D eigenvalue weighted by atomic mass is 10.1. The number of benzene rings is 2. The summed E-state index contributed by atoms with van der Waals surface area (Å²) in [6.45, 7) is 0. The lowest BCUT2D eigenvalue weighted by Gasteiger charge is -2.17. The van der Waals surface area contributed by atoms with Crippen molar-refractivity contribution in [3.8, 4) is 5.75 Å². The van der Waals surface area contributed by atoms with Gasteiger partial charge in [-0.2, -0.15) is 0 Å². The first-order valence-corrected chi connectivity index (χ1v) is 11.2. The van der Waals surface area contributed by atoms with Crippen molar-refractivity contribution < 1.29 is 14.5 Å². The maximum atomic E-state index is 13.6. The average molecular weight is 460 g/mol. The molecule has 1 aliphatic carbocycles. The monoisotopic (exact) mass is 460 g/mol. The summed E-state index contributed by atoms with van der Waals surface area (Å²) in [5.41, 5.74) is 1.56. The molecule has 1 amide bonds. The minimum atomic E-state index is -0.529. The van der Waals surface area contributed by atoms with Gasteiger partial charge < -0.3 is 19.2 Å². The number of para-hydroxylation sites is 1. The molecule has 0 atom stereocenters. The standard InChI is InChI=1S/C25H24N4O5/c1-27-20-10-6-5-9-17(20)22-18(14-28(25(31)23(22)27)15-7-3-4-8-15)24(30)26-19-13-16(29(32)33)11-12-21(19)34-2/h5-6,9-15H,3-4,7-8H2,1-2H3,(H,26,30). The Labute approximate surface area is 194 Å². The Morgan fingerprint density at radius 3 is 2.62 bits per heavy atom. The number of aryl methyl sites for hydroxylation is 1. The van der Waals surface area contributed by atoms with Gasteiger partial charge >= 0.3 is 0 Å². The third-order valence-corrected chi connectivity index (χ3v) is 6.69. The normalized spacial score (nSPS) is 14.1. The van der Waals surface area contributed by atoms with Crippen LogP contribution in [0.1, 0.15) is 42.1 Å². The zero-order valence-corrected chi connectivity index (χ0v) is 18.9. The van der Waals surface area contributed by atoms with Gasteiger partial charge in [0.1, 0.15) is 11.3 Å². The maximum Gasteiger partial charge on any atom is 0.275 e. The van der Waals surface area contributed by atoms with E-state index in [0.29, 0.717) is 22.2 Å². The van der Waals surface area contributed by atoms with Crippen LogP contribution in [0.3, 0.4) is 0 Å². The predicted octanol–water partition coefficient (Wildman–Crippen LogP) is 4.78. The molecule has 0 aliphatic heterocycles. The first kappa shape index (κ1) is 21.7. The minimum absolute atomic E-state index is 0.0359. The molecule has 34 heavy (non-hydrogen) atoms. The Balaban J connectivity index is 1.73. The summed E-state index contributed by atoms with van der Waals surface area (Å²) in [4.78, 5) is 38.0. The Morgan fingerprint density at radius 2 is 1.91 bits per heavy atom. The highest BCUT2D eigenvalue weighted by atomic mass is 16.6. The number of hydrogen-bond acceptors (Lipinski definition) is 5. The number of nitrogens with one attached hydrogen (secondary N) is 1. The molecule has 4 aromatic rings. The molecule has 2 aromatic heterocycles. The van der Waals surface area contributed by atoms with E-state index in [-0.39, 0.29) is 23.0 Å². The Morgan fingerprint density at radius 1 is 1.18 bits per heavy atom. The summed E-state index contributed by atoms with van der Waals surface area (Å²) in [5.74, 6) is -0.163. The molecule has 0 bridgehead atoms. The van der Waals surface area contributed by atoms with E-state index in [0.717, 1.165) is 36.6 Å². The number of nitro groups is 1. The van der Waals surface area contributed by atoms with Crippen molar-refractivity contribution in [2.75, 3.05) is 12.4 Å². The quantitative estimate of drug-likeness (QED) is 0.341. The second-order valence-corrected chi connectivity index (χ2v) is 8.59. The van der Waals surface area contributed by atoms with Gasteiger partial charge in [-0.15, -0.1) is 0 Å². The number of aromatic nitrogens is 2. The molecule has 0 spiro atoms. The summed E-state index contributed by atoms with van der Waals surface area (Å²) >= 11 is 0. The van der Waals surface area contributed by atoms with Crippen molar-refractivity contribution in [1.29, 1.82) is 0 Å². The molecule has 2 heterocycles. The minimum Gasteiger partial charge on any atom is -0.495 e. The third-order valence-electron chi connectivity index (χ3n) is 6.69. The number of nitrogens with zero attached hydrogens (tertiary/aromatic N) is 3. The molecular formula is C25H24N4O5. The molecule has 174 valence electrons.